The van der Waals surface area contributed by atoms with Gasteiger partial charge in [-0.25, -0.2) is 0 Å². The van der Waals surface area contributed by atoms with Crippen LogP contribution in [0.4, 0.5) is 5.69 Å². The average Bonchev–Trinajstić information content (AvgIpc) is 3.20. The maximum Gasteiger partial charge on any atom is 0.269 e. The second-order valence-corrected chi connectivity index (χ2v) is 5.45. The van der Waals surface area contributed by atoms with Gasteiger partial charge in [0.15, 0.2) is 0 Å². The van der Waals surface area contributed by atoms with E-state index in [0.29, 0.717) is 5.69 Å². The predicted molar refractivity (Wildman–Crippen MR) is 82.4 cm³/mol. The monoisotopic (exact) mass is 284 g/mol. The summed E-state index contributed by atoms with van der Waals surface area (Å²) < 4.78 is 0. The molecular weight excluding hydrogens is 264 g/mol. The summed E-state index contributed by atoms with van der Waals surface area (Å²) in [5.41, 5.74) is 2.84. The Morgan fingerprint density at radius 1 is 1.33 bits per heavy atom. The first kappa shape index (κ1) is 13.7. The number of hydrogen-bond acceptors (Lipinski definition) is 3. The number of anilines is 1. The zero-order valence-electron chi connectivity index (χ0n) is 12.2. The van der Waals surface area contributed by atoms with Gasteiger partial charge in [-0.3, -0.25) is 9.89 Å². The molecular formula is C16H20N4O. The van der Waals surface area contributed by atoms with Crippen molar-refractivity contribution in [3.05, 3.63) is 47.8 Å². The van der Waals surface area contributed by atoms with E-state index < -0.39 is 0 Å². The molecule has 1 saturated heterocycles. The van der Waals surface area contributed by atoms with Crippen LogP contribution in [0.2, 0.25) is 0 Å². The highest BCUT2D eigenvalue weighted by atomic mass is 16.2. The van der Waals surface area contributed by atoms with E-state index in [9.17, 15) is 4.79 Å². The molecule has 1 atom stereocenters. The number of carbonyl (C=O) groups is 1. The van der Waals surface area contributed by atoms with Gasteiger partial charge in [0.2, 0.25) is 0 Å². The van der Waals surface area contributed by atoms with Gasteiger partial charge in [-0.1, -0.05) is 12.1 Å². The van der Waals surface area contributed by atoms with Crippen LogP contribution < -0.4 is 10.2 Å². The molecule has 1 fully saturated rings. The maximum absolute atomic E-state index is 12.0. The Balaban J connectivity index is 1.70. The minimum Gasteiger partial charge on any atom is -0.372 e. The van der Waals surface area contributed by atoms with Gasteiger partial charge >= 0.3 is 0 Å². The van der Waals surface area contributed by atoms with E-state index in [4.69, 9.17) is 0 Å². The minimum atomic E-state index is -0.133. The summed E-state index contributed by atoms with van der Waals surface area (Å²) in [5.74, 6) is -0.133. The fraction of sp³-hybridized carbons (Fsp3) is 0.375. The molecule has 1 aliphatic rings. The van der Waals surface area contributed by atoms with Crippen molar-refractivity contribution in [2.24, 2.45) is 0 Å². The topological polar surface area (TPSA) is 61.0 Å². The van der Waals surface area contributed by atoms with E-state index in [0.717, 1.165) is 18.7 Å². The molecule has 5 heteroatoms. The van der Waals surface area contributed by atoms with E-state index in [1.807, 2.05) is 6.92 Å². The van der Waals surface area contributed by atoms with Crippen LogP contribution in [0.5, 0.6) is 0 Å². The molecule has 2 aromatic rings. The summed E-state index contributed by atoms with van der Waals surface area (Å²) in [6.07, 6.45) is 4.10. The average molecular weight is 284 g/mol. The van der Waals surface area contributed by atoms with Crippen LogP contribution in [0.15, 0.2) is 36.5 Å². The number of amides is 1. The van der Waals surface area contributed by atoms with Crippen molar-refractivity contribution < 1.29 is 4.79 Å². The molecule has 21 heavy (non-hydrogen) atoms. The maximum atomic E-state index is 12.0. The number of carbonyl (C=O) groups excluding carboxylic acids is 1. The molecule has 1 amide bonds. The van der Waals surface area contributed by atoms with Gasteiger partial charge in [0.25, 0.3) is 5.91 Å². The quantitative estimate of drug-likeness (QED) is 0.907. The van der Waals surface area contributed by atoms with E-state index in [2.05, 4.69) is 44.7 Å². The largest absolute Gasteiger partial charge is 0.372 e. The van der Waals surface area contributed by atoms with Crippen LogP contribution in [0.1, 0.15) is 41.9 Å². The first-order chi connectivity index (χ1) is 10.2. The standard InChI is InChI=1S/C16H20N4O/c1-12(18-16(21)15-7-8-17-19-15)13-5-4-6-14(11-13)20-9-2-3-10-20/h4-8,11-12H,2-3,9-10H2,1H3,(H,17,19)(H,18,21)/t12-/m0/s1. The molecule has 110 valence electrons. The molecule has 0 radical (unpaired) electrons. The van der Waals surface area contributed by atoms with Gasteiger partial charge in [-0.05, 0) is 43.5 Å². The Bertz CT molecular complexity index is 602. The Morgan fingerprint density at radius 3 is 2.86 bits per heavy atom. The third-order valence-corrected chi connectivity index (χ3v) is 3.93. The summed E-state index contributed by atoms with van der Waals surface area (Å²) in [6.45, 7) is 4.24. The van der Waals surface area contributed by atoms with Gasteiger partial charge in [0.1, 0.15) is 5.69 Å². The molecule has 1 aromatic heterocycles. The van der Waals surface area contributed by atoms with Crippen molar-refractivity contribution in [3.8, 4) is 0 Å². The van der Waals surface area contributed by atoms with Crippen molar-refractivity contribution in [2.75, 3.05) is 18.0 Å². The van der Waals surface area contributed by atoms with E-state index in [1.165, 1.54) is 18.5 Å². The fourth-order valence-electron chi connectivity index (χ4n) is 2.71. The number of aromatic amines is 1. The molecule has 2 N–H and O–H groups in total. The number of rotatable bonds is 4. The molecule has 0 unspecified atom stereocenters. The predicted octanol–water partition coefficient (Wildman–Crippen LogP) is 2.50. The van der Waals surface area contributed by atoms with Gasteiger partial charge in [0.05, 0.1) is 6.04 Å². The lowest BCUT2D eigenvalue weighted by atomic mass is 10.1. The molecule has 0 saturated carbocycles. The highest BCUT2D eigenvalue weighted by Crippen LogP contribution is 2.24. The summed E-state index contributed by atoms with van der Waals surface area (Å²) in [5, 5.41) is 9.46. The highest BCUT2D eigenvalue weighted by molar-refractivity contribution is 5.92. The summed E-state index contributed by atoms with van der Waals surface area (Å²) in [4.78, 5) is 14.4. The van der Waals surface area contributed by atoms with E-state index in [1.54, 1.807) is 12.3 Å². The van der Waals surface area contributed by atoms with Gasteiger partial charge in [-0.2, -0.15) is 5.10 Å². The third kappa shape index (κ3) is 3.07. The van der Waals surface area contributed by atoms with Crippen LogP contribution >= 0.6 is 0 Å². The molecule has 1 aliphatic heterocycles. The first-order valence-electron chi connectivity index (χ1n) is 7.39. The molecule has 3 rings (SSSR count). The Labute approximate surface area is 124 Å². The SMILES string of the molecule is C[C@H](NC(=O)c1ccn[nH]1)c1cccc(N2CCCC2)c1. The van der Waals surface area contributed by atoms with Crippen LogP contribution in [0.25, 0.3) is 0 Å². The zero-order chi connectivity index (χ0) is 14.7. The lowest BCUT2D eigenvalue weighted by Gasteiger charge is -2.20. The summed E-state index contributed by atoms with van der Waals surface area (Å²) in [7, 11) is 0. The molecule has 0 bridgehead atoms. The smallest absolute Gasteiger partial charge is 0.269 e. The highest BCUT2D eigenvalue weighted by Gasteiger charge is 2.15. The van der Waals surface area contributed by atoms with Crippen LogP contribution in [-0.4, -0.2) is 29.2 Å². The lowest BCUT2D eigenvalue weighted by Crippen LogP contribution is -2.27. The molecule has 0 spiro atoms. The van der Waals surface area contributed by atoms with Gasteiger partial charge < -0.3 is 10.2 Å². The first-order valence-corrected chi connectivity index (χ1v) is 7.39. The Hall–Kier alpha value is -2.30. The Morgan fingerprint density at radius 2 is 2.14 bits per heavy atom. The van der Waals surface area contributed by atoms with Crippen molar-refractivity contribution in [2.45, 2.75) is 25.8 Å². The van der Waals surface area contributed by atoms with Crippen LogP contribution in [-0.2, 0) is 0 Å². The zero-order valence-corrected chi connectivity index (χ0v) is 12.2. The number of hydrogen-bond donors (Lipinski definition) is 2. The van der Waals surface area contributed by atoms with Crippen molar-refractivity contribution >= 4 is 11.6 Å². The van der Waals surface area contributed by atoms with Crippen LogP contribution in [0, 0.1) is 0 Å². The fourth-order valence-corrected chi connectivity index (χ4v) is 2.71. The van der Waals surface area contributed by atoms with Gasteiger partial charge in [-0.15, -0.1) is 0 Å². The van der Waals surface area contributed by atoms with Crippen LogP contribution in [0.3, 0.4) is 0 Å². The molecule has 1 aromatic carbocycles. The van der Waals surface area contributed by atoms with Gasteiger partial charge in [0, 0.05) is 25.0 Å². The molecule has 0 aliphatic carbocycles. The Kier molecular flexibility index (Phi) is 3.90. The summed E-state index contributed by atoms with van der Waals surface area (Å²) in [6, 6.07) is 10.0. The lowest BCUT2D eigenvalue weighted by molar-refractivity contribution is 0.0935. The van der Waals surface area contributed by atoms with Crippen molar-refractivity contribution in [1.82, 2.24) is 15.5 Å². The number of nitrogens with one attached hydrogen (secondary N) is 2. The number of aromatic nitrogens is 2. The molecule has 5 nitrogen and oxygen atoms in total. The minimum absolute atomic E-state index is 0.0386. The third-order valence-electron chi connectivity index (χ3n) is 3.93. The second kappa shape index (κ2) is 5.99. The van der Waals surface area contributed by atoms with E-state index in [-0.39, 0.29) is 11.9 Å². The number of benzene rings is 1. The van der Waals surface area contributed by atoms with Crippen molar-refractivity contribution in [1.29, 1.82) is 0 Å². The van der Waals surface area contributed by atoms with E-state index >= 15 is 0 Å². The molecule has 2 heterocycles. The second-order valence-electron chi connectivity index (χ2n) is 5.45. The normalized spacial score (nSPS) is 16.0. The summed E-state index contributed by atoms with van der Waals surface area (Å²) >= 11 is 0. The van der Waals surface area contributed by atoms with Crippen molar-refractivity contribution in [3.63, 3.8) is 0 Å². The number of H-pyrrole nitrogens is 1. The number of nitrogens with zero attached hydrogens (tertiary/aromatic N) is 2.